The highest BCUT2D eigenvalue weighted by Crippen LogP contribution is 2.25. The van der Waals surface area contributed by atoms with Crippen molar-refractivity contribution in [1.82, 2.24) is 14.9 Å². The summed E-state index contributed by atoms with van der Waals surface area (Å²) in [5, 5.41) is 0. The number of nitrogens with one attached hydrogen (secondary N) is 1. The van der Waals surface area contributed by atoms with Crippen molar-refractivity contribution < 1.29 is 0 Å². The number of para-hydroxylation sites is 2. The van der Waals surface area contributed by atoms with E-state index in [9.17, 15) is 0 Å². The predicted octanol–water partition coefficient (Wildman–Crippen LogP) is 4.09. The van der Waals surface area contributed by atoms with E-state index in [1.54, 1.807) is 0 Å². The van der Waals surface area contributed by atoms with Crippen LogP contribution in [0.15, 0.2) is 48.5 Å². The molecule has 1 aliphatic rings. The standard InChI is InChI=1S/C22H29N5.BrH/c1-16(2)18-9-6-10-20-21(18)25-22(24-20)19(23)15-26-11-13-27(14-12-26)17-7-4-3-5-8-17;/h3-10,16,19H,11-15,23H2,1-2H3,(H,24,25);1H. The molecule has 0 amide bonds. The molecule has 2 heterocycles. The summed E-state index contributed by atoms with van der Waals surface area (Å²) in [7, 11) is 0. The van der Waals surface area contributed by atoms with Crippen molar-refractivity contribution in [3.05, 3.63) is 59.9 Å². The minimum Gasteiger partial charge on any atom is -0.369 e. The van der Waals surface area contributed by atoms with E-state index in [0.717, 1.165) is 49.6 Å². The van der Waals surface area contributed by atoms with Gasteiger partial charge in [-0.2, -0.15) is 0 Å². The molecule has 1 aliphatic heterocycles. The SMILES string of the molecule is Br.CC(C)c1cccc2[nH]c(C(N)CN3CCN(c4ccccc4)CC3)nc12. The highest BCUT2D eigenvalue weighted by molar-refractivity contribution is 8.93. The Morgan fingerprint density at radius 2 is 1.71 bits per heavy atom. The summed E-state index contributed by atoms with van der Waals surface area (Å²) < 4.78 is 0. The lowest BCUT2D eigenvalue weighted by Gasteiger charge is -2.36. The molecule has 0 radical (unpaired) electrons. The number of nitrogens with zero attached hydrogens (tertiary/aromatic N) is 3. The summed E-state index contributed by atoms with van der Waals surface area (Å²) in [6.45, 7) is 9.37. The highest BCUT2D eigenvalue weighted by atomic mass is 79.9. The van der Waals surface area contributed by atoms with Crippen LogP contribution in [0.4, 0.5) is 5.69 Å². The first-order valence-corrected chi connectivity index (χ1v) is 9.88. The summed E-state index contributed by atoms with van der Waals surface area (Å²) in [5.41, 5.74) is 11.2. The predicted molar refractivity (Wildman–Crippen MR) is 123 cm³/mol. The number of aromatic nitrogens is 2. The van der Waals surface area contributed by atoms with Gasteiger partial charge in [-0.15, -0.1) is 17.0 Å². The van der Waals surface area contributed by atoms with Crippen molar-refractivity contribution >= 4 is 33.7 Å². The van der Waals surface area contributed by atoms with Gasteiger partial charge in [0.25, 0.3) is 0 Å². The van der Waals surface area contributed by atoms with E-state index in [2.05, 4.69) is 77.2 Å². The second kappa shape index (κ2) is 9.07. The molecule has 28 heavy (non-hydrogen) atoms. The maximum atomic E-state index is 6.51. The van der Waals surface area contributed by atoms with Gasteiger partial charge >= 0.3 is 0 Å². The van der Waals surface area contributed by atoms with Gasteiger partial charge in [-0.25, -0.2) is 4.98 Å². The number of imidazole rings is 1. The Bertz CT molecular complexity index is 884. The monoisotopic (exact) mass is 443 g/mol. The van der Waals surface area contributed by atoms with E-state index in [1.807, 2.05) is 0 Å². The molecule has 150 valence electrons. The fourth-order valence-corrected chi connectivity index (χ4v) is 3.91. The highest BCUT2D eigenvalue weighted by Gasteiger charge is 2.21. The molecule has 6 heteroatoms. The number of fused-ring (bicyclic) bond motifs is 1. The Morgan fingerprint density at radius 3 is 2.39 bits per heavy atom. The molecule has 5 nitrogen and oxygen atoms in total. The van der Waals surface area contributed by atoms with Gasteiger partial charge in [0, 0.05) is 38.4 Å². The maximum absolute atomic E-state index is 6.51. The summed E-state index contributed by atoms with van der Waals surface area (Å²) in [6.07, 6.45) is 0. The molecule has 1 saturated heterocycles. The Kier molecular flexibility index (Phi) is 6.75. The first-order chi connectivity index (χ1) is 13.1. The third kappa shape index (κ3) is 4.40. The van der Waals surface area contributed by atoms with Crippen LogP contribution in [0.5, 0.6) is 0 Å². The first-order valence-electron chi connectivity index (χ1n) is 9.88. The number of benzene rings is 2. The molecule has 0 aliphatic carbocycles. The van der Waals surface area contributed by atoms with E-state index in [-0.39, 0.29) is 23.0 Å². The zero-order valence-electron chi connectivity index (χ0n) is 16.6. The molecule has 1 fully saturated rings. The minimum absolute atomic E-state index is 0. The molecular weight excluding hydrogens is 414 g/mol. The van der Waals surface area contributed by atoms with Crippen LogP contribution < -0.4 is 10.6 Å². The number of rotatable bonds is 5. The van der Waals surface area contributed by atoms with Crippen molar-refractivity contribution in [2.45, 2.75) is 25.8 Å². The van der Waals surface area contributed by atoms with Gasteiger partial charge in [0.2, 0.25) is 0 Å². The smallest absolute Gasteiger partial charge is 0.125 e. The molecule has 0 bridgehead atoms. The van der Waals surface area contributed by atoms with Crippen LogP contribution in [0.1, 0.15) is 37.2 Å². The molecule has 4 rings (SSSR count). The fraction of sp³-hybridized carbons (Fsp3) is 0.409. The summed E-state index contributed by atoms with van der Waals surface area (Å²) in [5.74, 6) is 1.34. The van der Waals surface area contributed by atoms with E-state index in [4.69, 9.17) is 10.7 Å². The van der Waals surface area contributed by atoms with E-state index in [1.165, 1.54) is 11.3 Å². The van der Waals surface area contributed by atoms with Crippen LogP contribution in [0, 0.1) is 0 Å². The van der Waals surface area contributed by atoms with Gasteiger partial charge in [0.15, 0.2) is 0 Å². The normalized spacial score (nSPS) is 16.4. The molecule has 0 saturated carbocycles. The number of nitrogens with two attached hydrogens (primary N) is 1. The average molecular weight is 444 g/mol. The largest absolute Gasteiger partial charge is 0.369 e. The van der Waals surface area contributed by atoms with Crippen molar-refractivity contribution in [3.63, 3.8) is 0 Å². The molecule has 1 unspecified atom stereocenters. The third-order valence-corrected chi connectivity index (χ3v) is 5.48. The summed E-state index contributed by atoms with van der Waals surface area (Å²) in [6, 6.07) is 16.9. The molecule has 3 N–H and O–H groups in total. The number of piperazine rings is 1. The lowest BCUT2D eigenvalue weighted by molar-refractivity contribution is 0.241. The number of H-pyrrole nitrogens is 1. The Balaban J connectivity index is 0.00000225. The molecule has 0 spiro atoms. The molecular formula is C22H30BrN5. The lowest BCUT2D eigenvalue weighted by Crippen LogP contribution is -2.48. The average Bonchev–Trinajstić information content (AvgIpc) is 3.13. The summed E-state index contributed by atoms with van der Waals surface area (Å²) >= 11 is 0. The first kappa shape index (κ1) is 20.8. The van der Waals surface area contributed by atoms with E-state index < -0.39 is 0 Å². The van der Waals surface area contributed by atoms with Crippen molar-refractivity contribution in [1.29, 1.82) is 0 Å². The van der Waals surface area contributed by atoms with Crippen LogP contribution >= 0.6 is 17.0 Å². The maximum Gasteiger partial charge on any atom is 0.125 e. The molecule has 2 aromatic carbocycles. The van der Waals surface area contributed by atoms with Gasteiger partial charge in [0.05, 0.1) is 17.1 Å². The second-order valence-electron chi connectivity index (χ2n) is 7.75. The molecule has 3 aromatic rings. The third-order valence-electron chi connectivity index (χ3n) is 5.48. The topological polar surface area (TPSA) is 61.2 Å². The van der Waals surface area contributed by atoms with Crippen LogP contribution in [0.3, 0.4) is 0 Å². The van der Waals surface area contributed by atoms with Gasteiger partial charge in [-0.05, 0) is 29.7 Å². The quantitative estimate of drug-likeness (QED) is 0.623. The number of hydrogen-bond acceptors (Lipinski definition) is 4. The van der Waals surface area contributed by atoms with Gasteiger partial charge < -0.3 is 15.6 Å². The zero-order chi connectivity index (χ0) is 18.8. The number of hydrogen-bond donors (Lipinski definition) is 2. The van der Waals surface area contributed by atoms with Crippen LogP contribution in [-0.4, -0.2) is 47.6 Å². The van der Waals surface area contributed by atoms with Crippen LogP contribution in [0.2, 0.25) is 0 Å². The van der Waals surface area contributed by atoms with E-state index >= 15 is 0 Å². The van der Waals surface area contributed by atoms with Crippen molar-refractivity contribution in [2.75, 3.05) is 37.6 Å². The summed E-state index contributed by atoms with van der Waals surface area (Å²) in [4.78, 5) is 13.2. The lowest BCUT2D eigenvalue weighted by atomic mass is 10.0. The van der Waals surface area contributed by atoms with Gasteiger partial charge in [0.1, 0.15) is 5.82 Å². The molecule has 1 atom stereocenters. The number of aromatic amines is 1. The fourth-order valence-electron chi connectivity index (χ4n) is 3.91. The Labute approximate surface area is 177 Å². The van der Waals surface area contributed by atoms with Crippen molar-refractivity contribution in [3.8, 4) is 0 Å². The zero-order valence-corrected chi connectivity index (χ0v) is 18.3. The Hall–Kier alpha value is -1.89. The molecule has 1 aromatic heterocycles. The number of halogens is 1. The van der Waals surface area contributed by atoms with Crippen LogP contribution in [0.25, 0.3) is 11.0 Å². The Morgan fingerprint density at radius 1 is 1.00 bits per heavy atom. The minimum atomic E-state index is -0.0966. The second-order valence-corrected chi connectivity index (χ2v) is 7.75. The number of anilines is 1. The van der Waals surface area contributed by atoms with Crippen LogP contribution in [-0.2, 0) is 0 Å². The van der Waals surface area contributed by atoms with Crippen molar-refractivity contribution in [2.24, 2.45) is 5.73 Å². The van der Waals surface area contributed by atoms with Gasteiger partial charge in [-0.1, -0.05) is 44.2 Å². The van der Waals surface area contributed by atoms with E-state index in [0.29, 0.717) is 5.92 Å². The van der Waals surface area contributed by atoms with Gasteiger partial charge in [-0.3, -0.25) is 4.90 Å².